The third-order valence-electron chi connectivity index (χ3n) is 6.62. The molecule has 2 amide bonds. The number of piperidine rings is 1. The predicted molar refractivity (Wildman–Crippen MR) is 127 cm³/mol. The van der Waals surface area contributed by atoms with Gasteiger partial charge in [0.1, 0.15) is 5.00 Å². The van der Waals surface area contributed by atoms with Crippen molar-refractivity contribution >= 4 is 33.9 Å². The Balaban J connectivity index is 1.27. The summed E-state index contributed by atoms with van der Waals surface area (Å²) in [5.41, 5.74) is 9.10. The Hall–Kier alpha value is -2.51. The van der Waals surface area contributed by atoms with Crippen LogP contribution < -0.4 is 11.1 Å². The van der Waals surface area contributed by atoms with E-state index in [2.05, 4.69) is 10.2 Å². The van der Waals surface area contributed by atoms with E-state index in [-0.39, 0.29) is 17.6 Å². The number of thiophene rings is 1. The highest BCUT2D eigenvalue weighted by molar-refractivity contribution is 7.17. The first-order chi connectivity index (χ1) is 15.4. The number of aryl methyl sites for hydroxylation is 2. The molecule has 0 atom stereocenters. The van der Waals surface area contributed by atoms with E-state index in [0.717, 1.165) is 68.3 Å². The van der Waals surface area contributed by atoms with Crippen molar-refractivity contribution in [1.29, 1.82) is 0 Å². The third kappa shape index (κ3) is 5.10. The average Bonchev–Trinajstić information content (AvgIpc) is 3.16. The molecule has 1 saturated heterocycles. The summed E-state index contributed by atoms with van der Waals surface area (Å²) in [6.07, 6.45) is 5.97. The minimum absolute atomic E-state index is 0.0540. The number of hydrogen-bond donors (Lipinski definition) is 2. The number of anilines is 1. The zero-order valence-corrected chi connectivity index (χ0v) is 19.4. The van der Waals surface area contributed by atoms with Gasteiger partial charge in [-0.15, -0.1) is 11.3 Å². The molecule has 3 N–H and O–H groups in total. The van der Waals surface area contributed by atoms with Crippen molar-refractivity contribution < 1.29 is 14.4 Å². The first-order valence-electron chi connectivity index (χ1n) is 11.5. The zero-order chi connectivity index (χ0) is 22.7. The summed E-state index contributed by atoms with van der Waals surface area (Å²) in [5, 5.41) is 3.55. The van der Waals surface area contributed by atoms with Gasteiger partial charge >= 0.3 is 0 Å². The Bertz CT molecular complexity index is 1000. The van der Waals surface area contributed by atoms with Crippen LogP contribution in [0.4, 0.5) is 5.00 Å². The van der Waals surface area contributed by atoms with E-state index < -0.39 is 5.91 Å². The number of benzene rings is 1. The zero-order valence-electron chi connectivity index (χ0n) is 18.6. The number of Topliss-reactive ketones (excluding diaryl/α,β-unsaturated/α-hetero) is 1. The van der Waals surface area contributed by atoms with Crippen LogP contribution in [-0.4, -0.2) is 42.1 Å². The molecule has 1 aromatic heterocycles. The van der Waals surface area contributed by atoms with E-state index in [9.17, 15) is 14.4 Å². The second-order valence-electron chi connectivity index (χ2n) is 8.92. The van der Waals surface area contributed by atoms with Crippen LogP contribution in [0.3, 0.4) is 0 Å². The third-order valence-corrected chi connectivity index (χ3v) is 7.83. The molecule has 0 saturated carbocycles. The fourth-order valence-electron chi connectivity index (χ4n) is 4.74. The molecule has 4 rings (SSSR count). The van der Waals surface area contributed by atoms with Crippen molar-refractivity contribution in [1.82, 2.24) is 4.90 Å². The summed E-state index contributed by atoms with van der Waals surface area (Å²) < 4.78 is 0. The number of hydrogen-bond acceptors (Lipinski definition) is 5. The molecule has 170 valence electrons. The van der Waals surface area contributed by atoms with Gasteiger partial charge < -0.3 is 16.0 Å². The minimum Gasteiger partial charge on any atom is -0.365 e. The molecule has 0 bridgehead atoms. The van der Waals surface area contributed by atoms with Crippen molar-refractivity contribution in [3.8, 4) is 0 Å². The average molecular weight is 454 g/mol. The molecule has 1 aromatic carbocycles. The molecule has 0 radical (unpaired) electrons. The van der Waals surface area contributed by atoms with Crippen LogP contribution in [0.5, 0.6) is 0 Å². The number of primary amides is 1. The Morgan fingerprint density at radius 1 is 1.09 bits per heavy atom. The van der Waals surface area contributed by atoms with E-state index in [0.29, 0.717) is 23.5 Å². The van der Waals surface area contributed by atoms with E-state index >= 15 is 0 Å². The molecule has 2 aliphatic rings. The lowest BCUT2D eigenvalue weighted by molar-refractivity contribution is -0.116. The van der Waals surface area contributed by atoms with E-state index in [1.165, 1.54) is 16.2 Å². The molecule has 6 nitrogen and oxygen atoms in total. The fraction of sp³-hybridized carbons (Fsp3) is 0.480. The van der Waals surface area contributed by atoms with Gasteiger partial charge in [0.15, 0.2) is 5.78 Å². The molecule has 0 unspecified atom stereocenters. The lowest BCUT2D eigenvalue weighted by atomic mass is 9.88. The Kier molecular flexibility index (Phi) is 7.06. The lowest BCUT2D eigenvalue weighted by Crippen LogP contribution is -2.38. The van der Waals surface area contributed by atoms with Gasteiger partial charge in [0.2, 0.25) is 5.91 Å². The number of ketones is 1. The molecule has 7 heteroatoms. The topological polar surface area (TPSA) is 92.5 Å². The van der Waals surface area contributed by atoms with Crippen LogP contribution >= 0.6 is 11.3 Å². The molecule has 1 aliphatic heterocycles. The van der Waals surface area contributed by atoms with Crippen LogP contribution in [0, 0.1) is 12.8 Å². The molecule has 1 aliphatic carbocycles. The maximum Gasteiger partial charge on any atom is 0.251 e. The molecular formula is C25H31N3O3S. The molecule has 32 heavy (non-hydrogen) atoms. The molecule has 2 heterocycles. The second-order valence-corrected chi connectivity index (χ2v) is 10.0. The number of nitrogens with one attached hydrogen (secondary N) is 1. The summed E-state index contributed by atoms with van der Waals surface area (Å²) in [4.78, 5) is 40.7. The van der Waals surface area contributed by atoms with Gasteiger partial charge in [-0.25, -0.2) is 0 Å². The fourth-order valence-corrected chi connectivity index (χ4v) is 6.05. The Morgan fingerprint density at radius 3 is 2.47 bits per heavy atom. The van der Waals surface area contributed by atoms with Crippen molar-refractivity contribution in [3.63, 3.8) is 0 Å². The molecule has 0 spiro atoms. The summed E-state index contributed by atoms with van der Waals surface area (Å²) in [5.74, 6) is -0.273. The minimum atomic E-state index is -0.458. The highest BCUT2D eigenvalue weighted by Gasteiger charge is 2.27. The SMILES string of the molecule is Cc1ccc(C(=O)C2CCN(CCC(=O)Nc3sc4c(c3C(N)=O)CCCC4)CC2)cc1. The van der Waals surface area contributed by atoms with Crippen LogP contribution in [0.15, 0.2) is 24.3 Å². The first-order valence-corrected chi connectivity index (χ1v) is 12.3. The monoisotopic (exact) mass is 453 g/mol. The van der Waals surface area contributed by atoms with Gasteiger partial charge in [0.25, 0.3) is 5.91 Å². The van der Waals surface area contributed by atoms with Crippen molar-refractivity contribution in [2.45, 2.75) is 51.9 Å². The van der Waals surface area contributed by atoms with E-state index in [1.54, 1.807) is 0 Å². The Labute approximate surface area is 193 Å². The molecule has 2 aromatic rings. The highest BCUT2D eigenvalue weighted by atomic mass is 32.1. The lowest BCUT2D eigenvalue weighted by Gasteiger charge is -2.31. The number of likely N-dealkylation sites (tertiary alicyclic amines) is 1. The van der Waals surface area contributed by atoms with Gasteiger partial charge in [-0.2, -0.15) is 0 Å². The number of amides is 2. The summed E-state index contributed by atoms with van der Waals surface area (Å²) in [6.45, 7) is 4.29. The Morgan fingerprint density at radius 2 is 1.78 bits per heavy atom. The van der Waals surface area contributed by atoms with Crippen LogP contribution in [0.25, 0.3) is 0 Å². The van der Waals surface area contributed by atoms with Crippen LogP contribution in [0.2, 0.25) is 0 Å². The largest absolute Gasteiger partial charge is 0.365 e. The van der Waals surface area contributed by atoms with E-state index in [1.807, 2.05) is 31.2 Å². The van der Waals surface area contributed by atoms with Gasteiger partial charge in [0.05, 0.1) is 5.56 Å². The first kappa shape index (κ1) is 22.7. The van der Waals surface area contributed by atoms with Gasteiger partial charge in [0, 0.05) is 29.3 Å². The number of carbonyl (C=O) groups is 3. The maximum absolute atomic E-state index is 12.7. The number of fused-ring (bicyclic) bond motifs is 1. The number of nitrogens with two attached hydrogens (primary N) is 1. The van der Waals surface area contributed by atoms with Crippen molar-refractivity contribution in [2.75, 3.05) is 25.0 Å². The summed E-state index contributed by atoms with van der Waals surface area (Å²) in [6, 6.07) is 7.79. The quantitative estimate of drug-likeness (QED) is 0.621. The molecular weight excluding hydrogens is 422 g/mol. The van der Waals surface area contributed by atoms with Crippen LogP contribution in [-0.2, 0) is 17.6 Å². The number of carbonyl (C=O) groups excluding carboxylic acids is 3. The maximum atomic E-state index is 12.7. The van der Waals surface area contributed by atoms with Gasteiger partial charge in [-0.3, -0.25) is 14.4 Å². The second kappa shape index (κ2) is 9.96. The van der Waals surface area contributed by atoms with Crippen LogP contribution in [0.1, 0.15) is 68.8 Å². The number of rotatable bonds is 7. The van der Waals surface area contributed by atoms with Gasteiger partial charge in [-0.1, -0.05) is 29.8 Å². The number of nitrogens with zero attached hydrogens (tertiary/aromatic N) is 1. The standard InChI is InChI=1S/C25H31N3O3S/c1-16-6-8-17(9-7-16)23(30)18-10-13-28(14-11-18)15-12-21(29)27-25-22(24(26)31)19-4-2-3-5-20(19)32-25/h6-9,18H,2-5,10-15H2,1H3,(H2,26,31)(H,27,29). The van der Waals surface area contributed by atoms with Crippen molar-refractivity contribution in [3.05, 3.63) is 51.4 Å². The smallest absolute Gasteiger partial charge is 0.251 e. The predicted octanol–water partition coefficient (Wildman–Crippen LogP) is 3.96. The summed E-state index contributed by atoms with van der Waals surface area (Å²) in [7, 11) is 0. The summed E-state index contributed by atoms with van der Waals surface area (Å²) >= 11 is 1.50. The van der Waals surface area contributed by atoms with Gasteiger partial charge in [-0.05, 0) is 64.1 Å². The normalized spacial score (nSPS) is 17.0. The van der Waals surface area contributed by atoms with Crippen molar-refractivity contribution in [2.24, 2.45) is 11.7 Å². The highest BCUT2D eigenvalue weighted by Crippen LogP contribution is 2.38. The van der Waals surface area contributed by atoms with E-state index in [4.69, 9.17) is 5.73 Å². The molecule has 1 fully saturated rings.